The Hall–Kier alpha value is -2.47. The van der Waals surface area contributed by atoms with Crippen molar-refractivity contribution in [1.82, 2.24) is 19.5 Å². The van der Waals surface area contributed by atoms with Crippen LogP contribution in [0.3, 0.4) is 0 Å². The molecule has 3 rings (SSSR count). The molecule has 2 N–H and O–H groups in total. The van der Waals surface area contributed by atoms with Gasteiger partial charge in [-0.1, -0.05) is 0 Å². The zero-order valence-corrected chi connectivity index (χ0v) is 10.4. The fourth-order valence-electron chi connectivity index (χ4n) is 1.89. The third-order valence-corrected chi connectivity index (χ3v) is 2.87. The summed E-state index contributed by atoms with van der Waals surface area (Å²) < 4.78 is 1.66. The summed E-state index contributed by atoms with van der Waals surface area (Å²) in [6, 6.07) is 5.19. The van der Waals surface area contributed by atoms with Crippen molar-refractivity contribution in [3.8, 4) is 5.82 Å². The molecule has 0 aliphatic carbocycles. The van der Waals surface area contributed by atoms with E-state index in [-0.39, 0.29) is 5.28 Å². The van der Waals surface area contributed by atoms with Crippen molar-refractivity contribution in [3.63, 3.8) is 0 Å². The number of aromatic nitrogens is 4. The van der Waals surface area contributed by atoms with Crippen LogP contribution >= 0.6 is 11.6 Å². The van der Waals surface area contributed by atoms with Crippen molar-refractivity contribution in [2.24, 2.45) is 5.73 Å². The van der Waals surface area contributed by atoms with Gasteiger partial charge in [-0.3, -0.25) is 9.36 Å². The van der Waals surface area contributed by atoms with E-state index >= 15 is 0 Å². The van der Waals surface area contributed by atoms with Crippen LogP contribution in [0.1, 0.15) is 10.4 Å². The van der Waals surface area contributed by atoms with Crippen LogP contribution in [0, 0.1) is 0 Å². The molecule has 0 spiro atoms. The molecule has 0 saturated carbocycles. The topological polar surface area (TPSA) is 86.7 Å². The number of nitrogens with zero attached hydrogens (tertiary/aromatic N) is 4. The predicted octanol–water partition coefficient (Wildman–Crippen LogP) is 1.57. The van der Waals surface area contributed by atoms with Crippen molar-refractivity contribution >= 4 is 28.5 Å². The largest absolute Gasteiger partial charge is 0.366 e. The number of pyridine rings is 1. The van der Waals surface area contributed by atoms with Crippen LogP contribution in [0.25, 0.3) is 16.9 Å². The number of hydrogen-bond donors (Lipinski definition) is 1. The average Bonchev–Trinajstić information content (AvgIpc) is 2.78. The summed E-state index contributed by atoms with van der Waals surface area (Å²) in [5.41, 5.74) is 6.34. The summed E-state index contributed by atoms with van der Waals surface area (Å²) >= 11 is 5.77. The average molecular weight is 274 g/mol. The van der Waals surface area contributed by atoms with E-state index in [1.54, 1.807) is 35.2 Å². The Kier molecular flexibility index (Phi) is 2.64. The lowest BCUT2D eigenvalue weighted by Crippen LogP contribution is -2.10. The van der Waals surface area contributed by atoms with Gasteiger partial charge in [-0.2, -0.15) is 4.98 Å². The molecule has 0 aliphatic heterocycles. The molecular weight excluding hydrogens is 266 g/mol. The van der Waals surface area contributed by atoms with E-state index in [0.717, 1.165) is 0 Å². The highest BCUT2D eigenvalue weighted by Crippen LogP contribution is 2.22. The molecule has 0 aliphatic rings. The predicted molar refractivity (Wildman–Crippen MR) is 70.2 cm³/mol. The van der Waals surface area contributed by atoms with E-state index in [4.69, 9.17) is 17.3 Å². The molecule has 0 atom stereocenters. The Morgan fingerprint density at radius 2 is 2.11 bits per heavy atom. The summed E-state index contributed by atoms with van der Waals surface area (Å²) in [7, 11) is 0. The maximum atomic E-state index is 11.4. The Morgan fingerprint density at radius 3 is 2.84 bits per heavy atom. The molecule has 0 aromatic carbocycles. The van der Waals surface area contributed by atoms with Gasteiger partial charge in [0.1, 0.15) is 11.5 Å². The first-order valence-corrected chi connectivity index (χ1v) is 5.79. The fourth-order valence-corrected chi connectivity index (χ4v) is 2.03. The van der Waals surface area contributed by atoms with Gasteiger partial charge in [0.2, 0.25) is 5.28 Å². The Morgan fingerprint density at radius 1 is 1.26 bits per heavy atom. The fraction of sp³-hybridized carbons (Fsp3) is 0. The molecule has 0 unspecified atom stereocenters. The molecule has 1 amide bonds. The van der Waals surface area contributed by atoms with Crippen molar-refractivity contribution < 1.29 is 4.79 Å². The maximum absolute atomic E-state index is 11.4. The van der Waals surface area contributed by atoms with Gasteiger partial charge in [-0.25, -0.2) is 9.97 Å². The third kappa shape index (κ3) is 1.92. The molecule has 6 nitrogen and oxygen atoms in total. The molecule has 3 heterocycles. The van der Waals surface area contributed by atoms with Gasteiger partial charge in [-0.05, 0) is 29.8 Å². The van der Waals surface area contributed by atoms with Gasteiger partial charge in [0, 0.05) is 24.0 Å². The second kappa shape index (κ2) is 4.33. The molecule has 3 aromatic heterocycles. The number of fused-ring (bicyclic) bond motifs is 1. The van der Waals surface area contributed by atoms with Crippen LogP contribution in [0.2, 0.25) is 5.28 Å². The highest BCUT2D eigenvalue weighted by atomic mass is 35.5. The molecule has 19 heavy (non-hydrogen) atoms. The van der Waals surface area contributed by atoms with Crippen molar-refractivity contribution in [2.75, 3.05) is 0 Å². The highest BCUT2D eigenvalue weighted by Gasteiger charge is 2.15. The molecule has 3 aromatic rings. The summed E-state index contributed by atoms with van der Waals surface area (Å²) in [5.74, 6) is 0.00750. The number of amides is 1. The van der Waals surface area contributed by atoms with Crippen molar-refractivity contribution in [1.29, 1.82) is 0 Å². The molecule has 0 fully saturated rings. The quantitative estimate of drug-likeness (QED) is 0.718. The lowest BCUT2D eigenvalue weighted by atomic mass is 10.2. The number of nitrogens with two attached hydrogens (primary N) is 1. The monoisotopic (exact) mass is 273 g/mol. The van der Waals surface area contributed by atoms with Crippen molar-refractivity contribution in [2.45, 2.75) is 0 Å². The molecule has 94 valence electrons. The molecule has 0 radical (unpaired) electrons. The van der Waals surface area contributed by atoms with Gasteiger partial charge < -0.3 is 5.73 Å². The van der Waals surface area contributed by atoms with Gasteiger partial charge in [0.05, 0.1) is 5.56 Å². The van der Waals surface area contributed by atoms with Gasteiger partial charge in [-0.15, -0.1) is 0 Å². The SMILES string of the molecule is NC(=O)c1cn(-c2ccnc(Cl)n2)c2ncccc12. The van der Waals surface area contributed by atoms with E-state index in [1.807, 2.05) is 0 Å². The van der Waals surface area contributed by atoms with E-state index < -0.39 is 5.91 Å². The third-order valence-electron chi connectivity index (χ3n) is 2.69. The minimum Gasteiger partial charge on any atom is -0.366 e. The smallest absolute Gasteiger partial charge is 0.250 e. The van der Waals surface area contributed by atoms with Crippen LogP contribution in [0.5, 0.6) is 0 Å². The minimum atomic E-state index is -0.517. The summed E-state index contributed by atoms with van der Waals surface area (Å²) in [5, 5.41) is 0.792. The van der Waals surface area contributed by atoms with Crippen LogP contribution < -0.4 is 5.73 Å². The molecule has 7 heteroatoms. The van der Waals surface area contributed by atoms with Gasteiger partial charge in [0.15, 0.2) is 0 Å². The highest BCUT2D eigenvalue weighted by molar-refractivity contribution is 6.28. The first-order chi connectivity index (χ1) is 9.16. The maximum Gasteiger partial charge on any atom is 0.250 e. The molecule has 0 saturated heterocycles. The van der Waals surface area contributed by atoms with E-state index in [0.29, 0.717) is 22.4 Å². The zero-order valence-electron chi connectivity index (χ0n) is 9.62. The Bertz CT molecular complexity index is 783. The number of carbonyl (C=O) groups excluding carboxylic acids is 1. The lowest BCUT2D eigenvalue weighted by molar-refractivity contribution is 0.100. The Labute approximate surface area is 112 Å². The van der Waals surface area contributed by atoms with Gasteiger partial charge >= 0.3 is 0 Å². The first-order valence-electron chi connectivity index (χ1n) is 5.41. The van der Waals surface area contributed by atoms with E-state index in [1.165, 1.54) is 6.20 Å². The Balaban J connectivity index is 2.33. The van der Waals surface area contributed by atoms with Crippen LogP contribution in [-0.4, -0.2) is 25.4 Å². The zero-order chi connectivity index (χ0) is 13.4. The van der Waals surface area contributed by atoms with Crippen LogP contribution in [-0.2, 0) is 0 Å². The normalized spacial score (nSPS) is 10.8. The van der Waals surface area contributed by atoms with Gasteiger partial charge in [0.25, 0.3) is 5.91 Å². The number of primary amides is 1. The second-order valence-corrected chi connectivity index (χ2v) is 4.17. The first kappa shape index (κ1) is 11.6. The standard InChI is InChI=1S/C12H8ClN5O/c13-12-16-5-3-9(17-12)18-6-8(10(14)19)7-2-1-4-15-11(7)18/h1-6H,(H2,14,19). The van der Waals surface area contributed by atoms with Crippen molar-refractivity contribution in [3.05, 3.63) is 47.6 Å². The number of rotatable bonds is 2. The second-order valence-electron chi connectivity index (χ2n) is 3.84. The number of halogens is 1. The molecule has 0 bridgehead atoms. The van der Waals surface area contributed by atoms with Crippen LogP contribution in [0.15, 0.2) is 36.8 Å². The summed E-state index contributed by atoms with van der Waals surface area (Å²) in [6.45, 7) is 0. The number of carbonyl (C=O) groups is 1. The van der Waals surface area contributed by atoms with E-state index in [2.05, 4.69) is 15.0 Å². The van der Waals surface area contributed by atoms with Crippen LogP contribution in [0.4, 0.5) is 0 Å². The molecular formula is C12H8ClN5O. The summed E-state index contributed by atoms with van der Waals surface area (Å²) in [4.78, 5) is 23.6. The van der Waals surface area contributed by atoms with E-state index in [9.17, 15) is 4.79 Å². The number of hydrogen-bond acceptors (Lipinski definition) is 4. The minimum absolute atomic E-state index is 0.121. The lowest BCUT2D eigenvalue weighted by Gasteiger charge is -2.02. The summed E-state index contributed by atoms with van der Waals surface area (Å²) in [6.07, 6.45) is 4.76.